The second kappa shape index (κ2) is 5.83. The van der Waals surface area contributed by atoms with Gasteiger partial charge in [-0.25, -0.2) is 4.39 Å². The first-order valence-electron chi connectivity index (χ1n) is 7.40. The summed E-state index contributed by atoms with van der Waals surface area (Å²) in [7, 11) is 3.07. The van der Waals surface area contributed by atoms with Crippen LogP contribution in [0, 0.1) is 5.82 Å². The van der Waals surface area contributed by atoms with Gasteiger partial charge in [0.2, 0.25) is 0 Å². The van der Waals surface area contributed by atoms with E-state index in [1.807, 2.05) is 31.2 Å². The number of ether oxygens (including phenoxy) is 2. The van der Waals surface area contributed by atoms with E-state index in [9.17, 15) is 4.39 Å². The number of methoxy groups -OCH3 is 2. The number of hydrogen-bond acceptors (Lipinski definition) is 3. The zero-order chi connectivity index (χ0) is 16.6. The molecule has 0 saturated carbocycles. The summed E-state index contributed by atoms with van der Waals surface area (Å²) in [4.78, 5) is 0. The average Bonchev–Trinajstić information content (AvgIpc) is 2.86. The molecule has 120 valence electrons. The smallest absolute Gasteiger partial charge is 0.165 e. The highest BCUT2D eigenvalue weighted by Crippen LogP contribution is 2.38. The molecule has 0 aliphatic rings. The molecule has 0 amide bonds. The molecule has 0 unspecified atom stereocenters. The van der Waals surface area contributed by atoms with Crippen molar-refractivity contribution in [3.63, 3.8) is 0 Å². The van der Waals surface area contributed by atoms with Crippen LogP contribution < -0.4 is 15.2 Å². The summed E-state index contributed by atoms with van der Waals surface area (Å²) >= 11 is 0. The maximum Gasteiger partial charge on any atom is 0.165 e. The number of nitrogens with zero attached hydrogens (tertiary/aromatic N) is 1. The van der Waals surface area contributed by atoms with Crippen molar-refractivity contribution in [3.05, 3.63) is 42.2 Å². The second-order valence-corrected chi connectivity index (χ2v) is 5.24. The number of benzene rings is 2. The van der Waals surface area contributed by atoms with Crippen LogP contribution in [0.1, 0.15) is 6.92 Å². The molecule has 3 aromatic rings. The minimum Gasteiger partial charge on any atom is -0.497 e. The summed E-state index contributed by atoms with van der Waals surface area (Å²) in [5, 5.41) is 0.930. The SMILES string of the molecule is CCn1c(-c2ccc(OC)c(F)c2)c(N)c2ccc(OC)cc21. The Morgan fingerprint density at radius 1 is 1.09 bits per heavy atom. The highest BCUT2D eigenvalue weighted by molar-refractivity contribution is 6.01. The van der Waals surface area contributed by atoms with Gasteiger partial charge in [0.05, 0.1) is 31.1 Å². The first-order chi connectivity index (χ1) is 11.1. The number of anilines is 1. The summed E-state index contributed by atoms with van der Waals surface area (Å²) < 4.78 is 26.4. The van der Waals surface area contributed by atoms with Gasteiger partial charge in [0.15, 0.2) is 11.6 Å². The van der Waals surface area contributed by atoms with Gasteiger partial charge in [-0.05, 0) is 37.3 Å². The molecule has 4 nitrogen and oxygen atoms in total. The maximum absolute atomic E-state index is 14.1. The van der Waals surface area contributed by atoms with E-state index in [0.717, 1.165) is 27.9 Å². The van der Waals surface area contributed by atoms with Crippen molar-refractivity contribution in [3.8, 4) is 22.8 Å². The van der Waals surface area contributed by atoms with Gasteiger partial charge in [-0.15, -0.1) is 0 Å². The van der Waals surface area contributed by atoms with E-state index in [-0.39, 0.29) is 5.75 Å². The third kappa shape index (κ3) is 2.38. The van der Waals surface area contributed by atoms with Crippen molar-refractivity contribution in [1.29, 1.82) is 0 Å². The molecule has 0 fully saturated rings. The molecule has 0 saturated heterocycles. The van der Waals surface area contributed by atoms with Gasteiger partial charge >= 0.3 is 0 Å². The Labute approximate surface area is 134 Å². The van der Waals surface area contributed by atoms with Gasteiger partial charge < -0.3 is 19.8 Å². The third-order valence-electron chi connectivity index (χ3n) is 4.05. The van der Waals surface area contributed by atoms with Gasteiger partial charge in [0.1, 0.15) is 5.75 Å². The van der Waals surface area contributed by atoms with Gasteiger partial charge in [0, 0.05) is 23.6 Å². The number of nitrogens with two attached hydrogens (primary N) is 1. The van der Waals surface area contributed by atoms with Crippen molar-refractivity contribution >= 4 is 16.6 Å². The van der Waals surface area contributed by atoms with Crippen LogP contribution in [-0.4, -0.2) is 18.8 Å². The standard InChI is InChI=1S/C18H19FN2O2/c1-4-21-15-10-12(22-2)6-7-13(15)17(20)18(21)11-5-8-16(23-3)14(19)9-11/h5-10H,4,20H2,1-3H3. The van der Waals surface area contributed by atoms with Gasteiger partial charge in [-0.1, -0.05) is 0 Å². The summed E-state index contributed by atoms with van der Waals surface area (Å²) in [5.74, 6) is 0.570. The fraction of sp³-hybridized carbons (Fsp3) is 0.222. The van der Waals surface area contributed by atoms with Crippen LogP contribution in [0.4, 0.5) is 10.1 Å². The molecule has 0 spiro atoms. The van der Waals surface area contributed by atoms with Crippen LogP contribution in [0.2, 0.25) is 0 Å². The normalized spacial score (nSPS) is 11.0. The molecule has 3 rings (SSSR count). The molecule has 0 aliphatic carbocycles. The molecular weight excluding hydrogens is 295 g/mol. The lowest BCUT2D eigenvalue weighted by Crippen LogP contribution is -1.99. The van der Waals surface area contributed by atoms with Crippen LogP contribution in [0.25, 0.3) is 22.2 Å². The summed E-state index contributed by atoms with van der Waals surface area (Å²) in [6.07, 6.45) is 0. The first-order valence-corrected chi connectivity index (χ1v) is 7.40. The van der Waals surface area contributed by atoms with Crippen molar-refractivity contribution in [2.75, 3.05) is 20.0 Å². The summed E-state index contributed by atoms with van der Waals surface area (Å²) in [6.45, 7) is 2.74. The molecular formula is C18H19FN2O2. The Bertz CT molecular complexity index is 871. The molecule has 0 aliphatic heterocycles. The first kappa shape index (κ1) is 15.2. The summed E-state index contributed by atoms with van der Waals surface area (Å²) in [6, 6.07) is 10.6. The van der Waals surface area contributed by atoms with E-state index in [1.165, 1.54) is 13.2 Å². The molecule has 2 aromatic carbocycles. The molecule has 1 heterocycles. The number of nitrogen functional groups attached to an aromatic ring is 1. The fourth-order valence-electron chi connectivity index (χ4n) is 2.94. The minimum absolute atomic E-state index is 0.216. The van der Waals surface area contributed by atoms with Crippen LogP contribution in [0.15, 0.2) is 36.4 Å². The monoisotopic (exact) mass is 314 g/mol. The Kier molecular flexibility index (Phi) is 3.86. The van der Waals surface area contributed by atoms with Crippen molar-refractivity contribution < 1.29 is 13.9 Å². The number of rotatable bonds is 4. The molecule has 0 bridgehead atoms. The summed E-state index contributed by atoms with van der Waals surface area (Å²) in [5.41, 5.74) is 9.47. The Balaban J connectivity index is 2.28. The highest BCUT2D eigenvalue weighted by atomic mass is 19.1. The maximum atomic E-state index is 14.1. The van der Waals surface area contributed by atoms with E-state index in [4.69, 9.17) is 15.2 Å². The molecule has 1 aromatic heterocycles. The zero-order valence-corrected chi connectivity index (χ0v) is 13.4. The van der Waals surface area contributed by atoms with Crippen LogP contribution in [-0.2, 0) is 6.54 Å². The molecule has 23 heavy (non-hydrogen) atoms. The lowest BCUT2D eigenvalue weighted by molar-refractivity contribution is 0.386. The van der Waals surface area contributed by atoms with Crippen molar-refractivity contribution in [1.82, 2.24) is 4.57 Å². The Morgan fingerprint density at radius 3 is 2.48 bits per heavy atom. The Morgan fingerprint density at radius 2 is 1.87 bits per heavy atom. The van der Waals surface area contributed by atoms with E-state index in [2.05, 4.69) is 4.57 Å². The van der Waals surface area contributed by atoms with E-state index in [0.29, 0.717) is 12.2 Å². The molecule has 0 radical (unpaired) electrons. The van der Waals surface area contributed by atoms with Gasteiger partial charge in [0.25, 0.3) is 0 Å². The van der Waals surface area contributed by atoms with E-state index < -0.39 is 5.82 Å². The largest absolute Gasteiger partial charge is 0.497 e. The second-order valence-electron chi connectivity index (χ2n) is 5.24. The topological polar surface area (TPSA) is 49.4 Å². The third-order valence-corrected chi connectivity index (χ3v) is 4.05. The predicted octanol–water partition coefficient (Wildman–Crippen LogP) is 4.07. The van der Waals surface area contributed by atoms with Crippen LogP contribution in [0.3, 0.4) is 0 Å². The Hall–Kier alpha value is -2.69. The molecule has 2 N–H and O–H groups in total. The van der Waals surface area contributed by atoms with Crippen molar-refractivity contribution in [2.45, 2.75) is 13.5 Å². The number of fused-ring (bicyclic) bond motifs is 1. The number of aryl methyl sites for hydroxylation is 1. The lowest BCUT2D eigenvalue weighted by Gasteiger charge is -2.10. The predicted molar refractivity (Wildman–Crippen MR) is 90.5 cm³/mol. The van der Waals surface area contributed by atoms with E-state index >= 15 is 0 Å². The average molecular weight is 314 g/mol. The quantitative estimate of drug-likeness (QED) is 0.790. The van der Waals surface area contributed by atoms with Crippen LogP contribution >= 0.6 is 0 Å². The highest BCUT2D eigenvalue weighted by Gasteiger charge is 2.17. The van der Waals surface area contributed by atoms with Gasteiger partial charge in [-0.3, -0.25) is 0 Å². The number of halogens is 1. The number of aromatic nitrogens is 1. The lowest BCUT2D eigenvalue weighted by atomic mass is 10.1. The zero-order valence-electron chi connectivity index (χ0n) is 13.4. The molecule has 5 heteroatoms. The minimum atomic E-state index is -0.408. The van der Waals surface area contributed by atoms with E-state index in [1.54, 1.807) is 13.2 Å². The van der Waals surface area contributed by atoms with Crippen molar-refractivity contribution in [2.24, 2.45) is 0 Å². The fourth-order valence-corrected chi connectivity index (χ4v) is 2.94. The van der Waals surface area contributed by atoms with Crippen LogP contribution in [0.5, 0.6) is 11.5 Å². The number of hydrogen-bond donors (Lipinski definition) is 1. The van der Waals surface area contributed by atoms with Gasteiger partial charge in [-0.2, -0.15) is 0 Å². The molecule has 0 atom stereocenters.